The molecule has 4 aromatic rings. The molecule has 1 aromatic heterocycles. The number of benzene rings is 3. The molecule has 0 saturated heterocycles. The molecule has 5 rings (SSSR count). The fourth-order valence-corrected chi connectivity index (χ4v) is 3.55. The highest BCUT2D eigenvalue weighted by Crippen LogP contribution is 2.39. The topological polar surface area (TPSA) is 87.9 Å². The first-order valence-electron chi connectivity index (χ1n) is 9.84. The first kappa shape index (κ1) is 19.6. The van der Waals surface area contributed by atoms with Gasteiger partial charge in [0.2, 0.25) is 6.79 Å². The van der Waals surface area contributed by atoms with Crippen LogP contribution in [0.4, 0.5) is 0 Å². The average Bonchev–Trinajstić information content (AvgIpc) is 3.50. The second-order valence-corrected chi connectivity index (χ2v) is 7.07. The smallest absolute Gasteiger partial charge is 0.337 e. The van der Waals surface area contributed by atoms with Crippen LogP contribution in [-0.2, 0) is 4.74 Å². The third-order valence-corrected chi connectivity index (χ3v) is 5.17. The van der Waals surface area contributed by atoms with E-state index < -0.39 is 5.97 Å². The third kappa shape index (κ3) is 3.39. The van der Waals surface area contributed by atoms with Crippen molar-refractivity contribution in [2.75, 3.05) is 13.9 Å². The molecule has 0 radical (unpaired) electrons. The second kappa shape index (κ2) is 8.03. The van der Waals surface area contributed by atoms with E-state index >= 15 is 0 Å². The number of aromatic nitrogens is 1. The molecule has 158 valence electrons. The van der Waals surface area contributed by atoms with Crippen LogP contribution in [0, 0.1) is 0 Å². The molecular formula is C25H17NO6. The van der Waals surface area contributed by atoms with Crippen LogP contribution in [0.25, 0.3) is 22.6 Å². The van der Waals surface area contributed by atoms with Crippen molar-refractivity contribution in [3.05, 3.63) is 89.5 Å². The molecule has 0 unspecified atom stereocenters. The Labute approximate surface area is 183 Å². The Bertz CT molecular complexity index is 1310. The van der Waals surface area contributed by atoms with Crippen LogP contribution in [0.3, 0.4) is 0 Å². The number of nitrogens with zero attached hydrogens (tertiary/aromatic N) is 1. The van der Waals surface area contributed by atoms with Crippen molar-refractivity contribution in [3.8, 4) is 34.1 Å². The van der Waals surface area contributed by atoms with Gasteiger partial charge >= 0.3 is 5.97 Å². The number of hydrogen-bond donors (Lipinski definition) is 0. The summed E-state index contributed by atoms with van der Waals surface area (Å²) in [4.78, 5) is 25.3. The van der Waals surface area contributed by atoms with Crippen molar-refractivity contribution in [1.29, 1.82) is 0 Å². The van der Waals surface area contributed by atoms with Crippen LogP contribution in [0.15, 0.2) is 77.3 Å². The lowest BCUT2D eigenvalue weighted by Gasteiger charge is -2.06. The van der Waals surface area contributed by atoms with E-state index in [-0.39, 0.29) is 12.6 Å². The minimum Gasteiger partial charge on any atom is -0.465 e. The van der Waals surface area contributed by atoms with E-state index in [4.69, 9.17) is 18.7 Å². The van der Waals surface area contributed by atoms with Gasteiger partial charge in [-0.25, -0.2) is 4.79 Å². The van der Waals surface area contributed by atoms with E-state index in [1.54, 1.807) is 66.7 Å². The molecule has 0 spiro atoms. The zero-order valence-electron chi connectivity index (χ0n) is 17.0. The summed E-state index contributed by atoms with van der Waals surface area (Å²) in [6.07, 6.45) is 0. The normalized spacial score (nSPS) is 11.9. The summed E-state index contributed by atoms with van der Waals surface area (Å²) in [6, 6.07) is 20.9. The molecule has 0 N–H and O–H groups in total. The van der Waals surface area contributed by atoms with Crippen LogP contribution < -0.4 is 9.47 Å². The van der Waals surface area contributed by atoms with Gasteiger partial charge in [0.15, 0.2) is 23.0 Å². The quantitative estimate of drug-likeness (QED) is 0.335. The number of carbonyl (C=O) groups excluding carboxylic acids is 2. The fourth-order valence-electron chi connectivity index (χ4n) is 3.55. The summed E-state index contributed by atoms with van der Waals surface area (Å²) >= 11 is 0. The van der Waals surface area contributed by atoms with Crippen molar-refractivity contribution < 1.29 is 28.3 Å². The van der Waals surface area contributed by atoms with Crippen molar-refractivity contribution in [2.24, 2.45) is 0 Å². The zero-order chi connectivity index (χ0) is 22.1. The summed E-state index contributed by atoms with van der Waals surface area (Å²) in [5, 5.41) is 4.21. The molecule has 2 heterocycles. The maximum absolute atomic E-state index is 13.5. The van der Waals surface area contributed by atoms with E-state index in [0.717, 1.165) is 0 Å². The van der Waals surface area contributed by atoms with Gasteiger partial charge in [-0.05, 0) is 30.3 Å². The molecule has 1 aliphatic rings. The third-order valence-electron chi connectivity index (χ3n) is 5.17. The minimum absolute atomic E-state index is 0.142. The van der Waals surface area contributed by atoms with Gasteiger partial charge in [-0.1, -0.05) is 47.6 Å². The van der Waals surface area contributed by atoms with Crippen LogP contribution >= 0.6 is 0 Å². The van der Waals surface area contributed by atoms with Crippen molar-refractivity contribution in [2.45, 2.75) is 0 Å². The maximum atomic E-state index is 13.5. The number of carbonyl (C=O) groups is 2. The average molecular weight is 427 g/mol. The van der Waals surface area contributed by atoms with Crippen molar-refractivity contribution in [1.82, 2.24) is 5.16 Å². The highest BCUT2D eigenvalue weighted by molar-refractivity contribution is 6.15. The number of hydrogen-bond acceptors (Lipinski definition) is 7. The van der Waals surface area contributed by atoms with Crippen LogP contribution in [0.1, 0.15) is 26.3 Å². The van der Waals surface area contributed by atoms with Gasteiger partial charge in [-0.15, -0.1) is 0 Å². The molecule has 0 atom stereocenters. The molecule has 32 heavy (non-hydrogen) atoms. The molecule has 0 amide bonds. The summed E-state index contributed by atoms with van der Waals surface area (Å²) < 4.78 is 21.3. The van der Waals surface area contributed by atoms with E-state index in [9.17, 15) is 9.59 Å². The molecule has 0 bridgehead atoms. The summed E-state index contributed by atoms with van der Waals surface area (Å²) in [6.45, 7) is 0.142. The summed E-state index contributed by atoms with van der Waals surface area (Å²) in [7, 11) is 1.32. The Morgan fingerprint density at radius 3 is 2.31 bits per heavy atom. The van der Waals surface area contributed by atoms with Gasteiger partial charge in [0.05, 0.1) is 18.2 Å². The van der Waals surface area contributed by atoms with Gasteiger partial charge < -0.3 is 18.7 Å². The van der Waals surface area contributed by atoms with Gasteiger partial charge in [0.1, 0.15) is 5.69 Å². The van der Waals surface area contributed by atoms with Crippen molar-refractivity contribution in [3.63, 3.8) is 0 Å². The lowest BCUT2D eigenvalue weighted by atomic mass is 9.95. The Hall–Kier alpha value is -4.39. The predicted molar refractivity (Wildman–Crippen MR) is 115 cm³/mol. The van der Waals surface area contributed by atoms with Crippen molar-refractivity contribution >= 4 is 11.8 Å². The molecule has 0 aliphatic carbocycles. The highest BCUT2D eigenvalue weighted by atomic mass is 16.7. The van der Waals surface area contributed by atoms with Crippen LogP contribution in [0.5, 0.6) is 11.5 Å². The summed E-state index contributed by atoms with van der Waals surface area (Å²) in [5.74, 6) is 0.845. The number of rotatable bonds is 5. The molecule has 1 aliphatic heterocycles. The highest BCUT2D eigenvalue weighted by Gasteiger charge is 2.27. The molecule has 7 nitrogen and oxygen atoms in total. The van der Waals surface area contributed by atoms with Gasteiger partial charge in [0.25, 0.3) is 0 Å². The second-order valence-electron chi connectivity index (χ2n) is 7.07. The Morgan fingerprint density at radius 2 is 1.56 bits per heavy atom. The van der Waals surface area contributed by atoms with E-state index in [0.29, 0.717) is 50.8 Å². The zero-order valence-corrected chi connectivity index (χ0v) is 17.0. The Morgan fingerprint density at radius 1 is 0.844 bits per heavy atom. The van der Waals surface area contributed by atoms with Crippen LogP contribution in [-0.4, -0.2) is 30.8 Å². The van der Waals surface area contributed by atoms with Crippen LogP contribution in [0.2, 0.25) is 0 Å². The standard InChI is InChI=1S/C25H17NO6/c1-29-25(28)17-9-7-15(8-10-17)22-21(23(27)16-5-3-2-4-6-16)24(32-26-22)18-11-12-19-20(13-18)31-14-30-19/h2-13H,14H2,1H3. The lowest BCUT2D eigenvalue weighted by molar-refractivity contribution is 0.0600. The number of methoxy groups -OCH3 is 1. The van der Waals surface area contributed by atoms with E-state index in [1.165, 1.54) is 7.11 Å². The van der Waals surface area contributed by atoms with Gasteiger partial charge in [-0.2, -0.15) is 0 Å². The van der Waals surface area contributed by atoms with Gasteiger partial charge in [0, 0.05) is 16.7 Å². The number of fused-ring (bicyclic) bond motifs is 1. The SMILES string of the molecule is COC(=O)c1ccc(-c2noc(-c3ccc4c(c3)OCO4)c2C(=O)c2ccccc2)cc1. The molecular weight excluding hydrogens is 410 g/mol. The molecule has 0 saturated carbocycles. The number of ether oxygens (including phenoxy) is 3. The summed E-state index contributed by atoms with van der Waals surface area (Å²) in [5.41, 5.74) is 2.87. The fraction of sp³-hybridized carbons (Fsp3) is 0.0800. The Kier molecular flexibility index (Phi) is 4.91. The molecule has 0 fully saturated rings. The lowest BCUT2D eigenvalue weighted by Crippen LogP contribution is -2.04. The van der Waals surface area contributed by atoms with E-state index in [1.807, 2.05) is 6.07 Å². The maximum Gasteiger partial charge on any atom is 0.337 e. The number of esters is 1. The molecule has 3 aromatic carbocycles. The first-order valence-corrected chi connectivity index (χ1v) is 9.84. The predicted octanol–water partition coefficient (Wildman–Crippen LogP) is 4.75. The van der Waals surface area contributed by atoms with E-state index in [2.05, 4.69) is 5.16 Å². The minimum atomic E-state index is -0.446. The number of ketones is 1. The molecule has 7 heteroatoms. The Balaban J connectivity index is 1.64. The first-order chi connectivity index (χ1) is 15.7. The largest absolute Gasteiger partial charge is 0.465 e. The monoisotopic (exact) mass is 427 g/mol. The van der Waals surface area contributed by atoms with Gasteiger partial charge in [-0.3, -0.25) is 4.79 Å².